The molecule has 4 nitrogen and oxygen atoms in total. The smallest absolute Gasteiger partial charge is 0.124 e. The van der Waals surface area contributed by atoms with E-state index < -0.39 is 0 Å². The zero-order chi connectivity index (χ0) is 16.2. The molecule has 1 fully saturated rings. The van der Waals surface area contributed by atoms with Crippen LogP contribution < -0.4 is 5.32 Å². The first-order valence-corrected chi connectivity index (χ1v) is 8.24. The minimum absolute atomic E-state index is 0.249. The number of nitrogens with zero attached hydrogens (tertiary/aromatic N) is 1. The van der Waals surface area contributed by atoms with Crippen LogP contribution in [0.2, 0.25) is 0 Å². The van der Waals surface area contributed by atoms with Gasteiger partial charge < -0.3 is 15.6 Å². The first-order chi connectivity index (χ1) is 11.1. The van der Waals surface area contributed by atoms with Gasteiger partial charge in [-0.15, -0.1) is 0 Å². The lowest BCUT2D eigenvalue weighted by molar-refractivity contribution is 0.355. The first-order valence-electron chi connectivity index (χ1n) is 8.24. The summed E-state index contributed by atoms with van der Waals surface area (Å²) in [4.78, 5) is 2.11. The number of halogens is 1. The summed E-state index contributed by atoms with van der Waals surface area (Å²) in [6.45, 7) is 3.55. The Balaban J connectivity index is 1.74. The summed E-state index contributed by atoms with van der Waals surface area (Å²) in [5, 5.41) is 20.2. The van der Waals surface area contributed by atoms with Gasteiger partial charge in [-0.2, -0.15) is 0 Å². The summed E-state index contributed by atoms with van der Waals surface area (Å²) >= 11 is 0. The molecule has 1 aromatic carbocycles. The fourth-order valence-corrected chi connectivity index (χ4v) is 3.33. The van der Waals surface area contributed by atoms with E-state index in [4.69, 9.17) is 10.8 Å². The molecular weight excluding hydrogens is 291 g/mol. The third kappa shape index (κ3) is 3.67. The average molecular weight is 314 g/mol. The Morgan fingerprint density at radius 2 is 1.70 bits per heavy atom. The van der Waals surface area contributed by atoms with Crippen molar-refractivity contribution in [3.05, 3.63) is 46.8 Å². The van der Waals surface area contributed by atoms with E-state index in [1.807, 2.05) is 0 Å². The minimum Gasteiger partial charge on any atom is -0.354 e. The number of hydrogen-bond acceptors (Lipinski definition) is 3. The summed E-state index contributed by atoms with van der Waals surface area (Å²) in [5.41, 5.74) is 3.59. The lowest BCUT2D eigenvalue weighted by Crippen LogP contribution is -2.46. The summed E-state index contributed by atoms with van der Waals surface area (Å²) in [7, 11) is 0. The molecule has 0 bridgehead atoms. The van der Waals surface area contributed by atoms with E-state index in [1.165, 1.54) is 12.1 Å². The van der Waals surface area contributed by atoms with Gasteiger partial charge in [-0.1, -0.05) is 12.1 Å². The number of nitrogens with one attached hydrogen (secondary N) is 3. The van der Waals surface area contributed by atoms with Crippen LogP contribution in [0.25, 0.3) is 0 Å². The molecule has 23 heavy (non-hydrogen) atoms. The Hall–Kier alpha value is -2.01. The standard InChI is InChI=1S/C18H23FN4/c19-14-6-4-13(5-7-14)12-17(20)15-2-1-3-16(15)18(21)23-10-8-22-9-11-23/h4-7,20-22H,1-3,8-12H2. The average Bonchev–Trinajstić information content (AvgIpc) is 3.07. The summed E-state index contributed by atoms with van der Waals surface area (Å²) in [5.74, 6) is 0.351. The fraction of sp³-hybridized carbons (Fsp3) is 0.444. The largest absolute Gasteiger partial charge is 0.354 e. The molecule has 2 aliphatic rings. The van der Waals surface area contributed by atoms with Gasteiger partial charge in [-0.05, 0) is 48.1 Å². The number of hydrogen-bond donors (Lipinski definition) is 3. The van der Waals surface area contributed by atoms with E-state index in [9.17, 15) is 4.39 Å². The van der Waals surface area contributed by atoms with E-state index in [-0.39, 0.29) is 5.82 Å². The van der Waals surface area contributed by atoms with Crippen LogP contribution in [-0.2, 0) is 6.42 Å². The second-order valence-electron chi connectivity index (χ2n) is 6.18. The predicted octanol–water partition coefficient (Wildman–Crippen LogP) is 2.75. The molecule has 1 heterocycles. The van der Waals surface area contributed by atoms with Crippen LogP contribution >= 0.6 is 0 Å². The molecule has 1 aliphatic heterocycles. The van der Waals surface area contributed by atoms with Crippen LogP contribution in [0.1, 0.15) is 24.8 Å². The quantitative estimate of drug-likeness (QED) is 0.591. The van der Waals surface area contributed by atoms with Crippen LogP contribution in [0.5, 0.6) is 0 Å². The van der Waals surface area contributed by atoms with Crippen LogP contribution in [0.3, 0.4) is 0 Å². The van der Waals surface area contributed by atoms with Crippen molar-refractivity contribution < 1.29 is 4.39 Å². The topological polar surface area (TPSA) is 63.0 Å². The molecule has 3 rings (SSSR count). The Labute approximate surface area is 136 Å². The lowest BCUT2D eigenvalue weighted by atomic mass is 9.98. The van der Waals surface area contributed by atoms with E-state index in [2.05, 4.69) is 10.2 Å². The van der Waals surface area contributed by atoms with Crippen LogP contribution in [0.4, 0.5) is 4.39 Å². The van der Waals surface area contributed by atoms with Crippen molar-refractivity contribution in [2.45, 2.75) is 25.7 Å². The molecule has 0 atom stereocenters. The monoisotopic (exact) mass is 314 g/mol. The zero-order valence-corrected chi connectivity index (χ0v) is 13.3. The maximum absolute atomic E-state index is 13.0. The van der Waals surface area contributed by atoms with E-state index in [0.717, 1.165) is 62.2 Å². The predicted molar refractivity (Wildman–Crippen MR) is 90.9 cm³/mol. The van der Waals surface area contributed by atoms with Gasteiger partial charge in [0.1, 0.15) is 11.7 Å². The van der Waals surface area contributed by atoms with Gasteiger partial charge in [0, 0.05) is 38.3 Å². The molecule has 5 heteroatoms. The van der Waals surface area contributed by atoms with Crippen LogP contribution in [-0.4, -0.2) is 42.6 Å². The molecule has 0 unspecified atom stereocenters. The van der Waals surface area contributed by atoms with Gasteiger partial charge >= 0.3 is 0 Å². The van der Waals surface area contributed by atoms with Crippen molar-refractivity contribution in [1.82, 2.24) is 10.2 Å². The summed E-state index contributed by atoms with van der Waals surface area (Å²) in [6, 6.07) is 6.35. The highest BCUT2D eigenvalue weighted by molar-refractivity contribution is 6.09. The Bertz CT molecular complexity index is 627. The Morgan fingerprint density at radius 3 is 2.39 bits per heavy atom. The lowest BCUT2D eigenvalue weighted by Gasteiger charge is -2.30. The van der Waals surface area contributed by atoms with Crippen molar-refractivity contribution in [1.29, 1.82) is 10.8 Å². The summed E-state index contributed by atoms with van der Waals surface area (Å²) < 4.78 is 13.0. The molecule has 122 valence electrons. The number of benzene rings is 1. The molecule has 0 aromatic heterocycles. The van der Waals surface area contributed by atoms with Crippen molar-refractivity contribution in [2.24, 2.45) is 0 Å². The highest BCUT2D eigenvalue weighted by atomic mass is 19.1. The SMILES string of the molecule is N=C(Cc1ccc(F)cc1)C1=C(C(=N)N2CCNCC2)CCC1. The molecule has 1 aromatic rings. The van der Waals surface area contributed by atoms with Crippen LogP contribution in [0, 0.1) is 16.6 Å². The zero-order valence-electron chi connectivity index (χ0n) is 13.3. The molecule has 0 radical (unpaired) electrons. The van der Waals surface area contributed by atoms with Gasteiger partial charge in [0.2, 0.25) is 0 Å². The maximum Gasteiger partial charge on any atom is 0.124 e. The molecule has 0 amide bonds. The summed E-state index contributed by atoms with van der Waals surface area (Å²) in [6.07, 6.45) is 3.30. The number of allylic oxidation sites excluding steroid dienone is 1. The third-order valence-electron chi connectivity index (χ3n) is 4.60. The molecule has 1 saturated heterocycles. The highest BCUT2D eigenvalue weighted by Crippen LogP contribution is 2.29. The third-order valence-corrected chi connectivity index (χ3v) is 4.60. The van der Waals surface area contributed by atoms with Gasteiger partial charge in [-0.3, -0.25) is 5.41 Å². The molecule has 1 aliphatic carbocycles. The molecule has 0 saturated carbocycles. The maximum atomic E-state index is 13.0. The Morgan fingerprint density at radius 1 is 1.04 bits per heavy atom. The van der Waals surface area contributed by atoms with Crippen molar-refractivity contribution >= 4 is 11.5 Å². The number of amidine groups is 1. The molecular formula is C18H23FN4. The van der Waals surface area contributed by atoms with Gasteiger partial charge in [-0.25, -0.2) is 4.39 Å². The second-order valence-corrected chi connectivity index (χ2v) is 6.18. The normalized spacial score (nSPS) is 18.4. The second kappa shape index (κ2) is 7.04. The van der Waals surface area contributed by atoms with E-state index in [0.29, 0.717) is 18.0 Å². The Kier molecular flexibility index (Phi) is 4.86. The fourth-order valence-electron chi connectivity index (χ4n) is 3.33. The van der Waals surface area contributed by atoms with E-state index in [1.54, 1.807) is 12.1 Å². The van der Waals surface area contributed by atoms with Crippen LogP contribution in [0.15, 0.2) is 35.4 Å². The highest BCUT2D eigenvalue weighted by Gasteiger charge is 2.25. The molecule has 0 spiro atoms. The molecule has 3 N–H and O–H groups in total. The minimum atomic E-state index is -0.249. The van der Waals surface area contributed by atoms with Gasteiger partial charge in [0.05, 0.1) is 0 Å². The van der Waals surface area contributed by atoms with Crippen molar-refractivity contribution in [3.8, 4) is 0 Å². The number of rotatable bonds is 4. The van der Waals surface area contributed by atoms with Gasteiger partial charge in [0.25, 0.3) is 0 Å². The van der Waals surface area contributed by atoms with E-state index >= 15 is 0 Å². The first kappa shape index (κ1) is 15.9. The number of piperazine rings is 1. The van der Waals surface area contributed by atoms with Crippen molar-refractivity contribution in [2.75, 3.05) is 26.2 Å². The van der Waals surface area contributed by atoms with Crippen molar-refractivity contribution in [3.63, 3.8) is 0 Å². The van der Waals surface area contributed by atoms with Gasteiger partial charge in [0.15, 0.2) is 0 Å².